The molecular formula is C16H21FN4. The van der Waals surface area contributed by atoms with E-state index < -0.39 is 0 Å². The second-order valence-electron chi connectivity index (χ2n) is 4.76. The molecule has 5 heteroatoms. The first-order valence-electron chi connectivity index (χ1n) is 7.19. The van der Waals surface area contributed by atoms with Crippen molar-refractivity contribution in [2.45, 2.75) is 27.2 Å². The monoisotopic (exact) mass is 288 g/mol. The third kappa shape index (κ3) is 3.12. The predicted octanol–water partition coefficient (Wildman–Crippen LogP) is 3.69. The number of benzene rings is 1. The van der Waals surface area contributed by atoms with Crippen LogP contribution < -0.4 is 10.2 Å². The first kappa shape index (κ1) is 15.2. The van der Waals surface area contributed by atoms with Gasteiger partial charge in [0.25, 0.3) is 0 Å². The standard InChI is InChI=1S/C16H21FN4/c1-5-14-19-15(18-4)11(3)16(20-14)21(6-2)13-9-7-12(17)8-10-13/h7-10H,5-6H2,1-4H3,(H,18,19,20). The van der Waals surface area contributed by atoms with E-state index in [1.54, 1.807) is 12.1 Å². The fourth-order valence-electron chi connectivity index (χ4n) is 2.29. The molecule has 1 aromatic heterocycles. The summed E-state index contributed by atoms with van der Waals surface area (Å²) in [6, 6.07) is 6.47. The molecule has 112 valence electrons. The van der Waals surface area contributed by atoms with Gasteiger partial charge < -0.3 is 10.2 Å². The van der Waals surface area contributed by atoms with E-state index in [-0.39, 0.29) is 5.82 Å². The minimum Gasteiger partial charge on any atom is -0.373 e. The number of rotatable bonds is 5. The molecule has 0 aliphatic heterocycles. The number of aryl methyl sites for hydroxylation is 1. The van der Waals surface area contributed by atoms with Gasteiger partial charge >= 0.3 is 0 Å². The Kier molecular flexibility index (Phi) is 4.73. The van der Waals surface area contributed by atoms with E-state index in [1.807, 2.05) is 20.9 Å². The molecule has 1 heterocycles. The van der Waals surface area contributed by atoms with Gasteiger partial charge in [-0.25, -0.2) is 14.4 Å². The van der Waals surface area contributed by atoms with Crippen LogP contribution in [-0.2, 0) is 6.42 Å². The van der Waals surface area contributed by atoms with Gasteiger partial charge in [-0.2, -0.15) is 0 Å². The summed E-state index contributed by atoms with van der Waals surface area (Å²) in [5, 5.41) is 3.11. The Morgan fingerprint density at radius 2 is 1.81 bits per heavy atom. The van der Waals surface area contributed by atoms with E-state index >= 15 is 0 Å². The average molecular weight is 288 g/mol. The van der Waals surface area contributed by atoms with Crippen molar-refractivity contribution in [3.8, 4) is 0 Å². The van der Waals surface area contributed by atoms with Crippen LogP contribution in [-0.4, -0.2) is 23.6 Å². The Morgan fingerprint density at radius 1 is 1.14 bits per heavy atom. The number of nitrogens with zero attached hydrogens (tertiary/aromatic N) is 3. The maximum Gasteiger partial charge on any atom is 0.141 e. The molecule has 0 saturated carbocycles. The Balaban J connectivity index is 2.53. The van der Waals surface area contributed by atoms with E-state index in [0.29, 0.717) is 0 Å². The lowest BCUT2D eigenvalue weighted by Crippen LogP contribution is -2.20. The molecule has 0 spiro atoms. The van der Waals surface area contributed by atoms with Crippen molar-refractivity contribution >= 4 is 17.3 Å². The van der Waals surface area contributed by atoms with Crippen LogP contribution >= 0.6 is 0 Å². The zero-order valence-corrected chi connectivity index (χ0v) is 12.9. The largest absolute Gasteiger partial charge is 0.373 e. The van der Waals surface area contributed by atoms with Crippen LogP contribution in [0.4, 0.5) is 21.7 Å². The number of hydrogen-bond donors (Lipinski definition) is 1. The number of hydrogen-bond acceptors (Lipinski definition) is 4. The van der Waals surface area contributed by atoms with Crippen molar-refractivity contribution in [1.29, 1.82) is 0 Å². The van der Waals surface area contributed by atoms with Gasteiger partial charge in [0.05, 0.1) is 0 Å². The first-order chi connectivity index (χ1) is 10.1. The fourth-order valence-corrected chi connectivity index (χ4v) is 2.29. The summed E-state index contributed by atoms with van der Waals surface area (Å²) >= 11 is 0. The van der Waals surface area contributed by atoms with Gasteiger partial charge in [0.2, 0.25) is 0 Å². The Morgan fingerprint density at radius 3 is 2.33 bits per heavy atom. The minimum atomic E-state index is -0.237. The lowest BCUT2D eigenvalue weighted by molar-refractivity contribution is 0.627. The molecule has 0 radical (unpaired) electrons. The second-order valence-corrected chi connectivity index (χ2v) is 4.76. The highest BCUT2D eigenvalue weighted by molar-refractivity contribution is 5.67. The van der Waals surface area contributed by atoms with E-state index in [1.165, 1.54) is 12.1 Å². The quantitative estimate of drug-likeness (QED) is 0.911. The highest BCUT2D eigenvalue weighted by atomic mass is 19.1. The summed E-state index contributed by atoms with van der Waals surface area (Å²) in [6.45, 7) is 6.82. The average Bonchev–Trinajstić information content (AvgIpc) is 2.51. The van der Waals surface area contributed by atoms with Crippen molar-refractivity contribution in [2.24, 2.45) is 0 Å². The Hall–Kier alpha value is -2.17. The van der Waals surface area contributed by atoms with E-state index in [4.69, 9.17) is 0 Å². The van der Waals surface area contributed by atoms with Crippen LogP contribution in [0.3, 0.4) is 0 Å². The number of aromatic nitrogens is 2. The van der Waals surface area contributed by atoms with Crippen LogP contribution in [0, 0.1) is 12.7 Å². The number of halogens is 1. The maximum absolute atomic E-state index is 13.1. The number of anilines is 3. The zero-order valence-electron chi connectivity index (χ0n) is 12.9. The van der Waals surface area contributed by atoms with Crippen LogP contribution in [0.25, 0.3) is 0 Å². The summed E-state index contributed by atoms with van der Waals surface area (Å²) in [4.78, 5) is 11.2. The molecule has 0 fully saturated rings. The summed E-state index contributed by atoms with van der Waals surface area (Å²) in [5.41, 5.74) is 1.91. The molecule has 0 atom stereocenters. The highest BCUT2D eigenvalue weighted by Gasteiger charge is 2.16. The van der Waals surface area contributed by atoms with Crippen molar-refractivity contribution < 1.29 is 4.39 Å². The van der Waals surface area contributed by atoms with Crippen molar-refractivity contribution in [2.75, 3.05) is 23.8 Å². The zero-order chi connectivity index (χ0) is 15.4. The van der Waals surface area contributed by atoms with Crippen LogP contribution in [0.2, 0.25) is 0 Å². The van der Waals surface area contributed by atoms with Crippen molar-refractivity contribution in [3.63, 3.8) is 0 Å². The van der Waals surface area contributed by atoms with E-state index in [0.717, 1.165) is 41.7 Å². The van der Waals surface area contributed by atoms with Crippen LogP contribution in [0.15, 0.2) is 24.3 Å². The SMILES string of the molecule is CCc1nc(NC)c(C)c(N(CC)c2ccc(F)cc2)n1. The minimum absolute atomic E-state index is 0.237. The molecule has 0 aliphatic carbocycles. The lowest BCUT2D eigenvalue weighted by atomic mass is 10.2. The van der Waals surface area contributed by atoms with Gasteiger partial charge in [-0.1, -0.05) is 6.92 Å². The van der Waals surface area contributed by atoms with Gasteiger partial charge in [0, 0.05) is 31.3 Å². The molecule has 0 aliphatic rings. The highest BCUT2D eigenvalue weighted by Crippen LogP contribution is 2.29. The van der Waals surface area contributed by atoms with Crippen LogP contribution in [0.1, 0.15) is 25.2 Å². The summed E-state index contributed by atoms with van der Waals surface area (Å²) < 4.78 is 13.1. The van der Waals surface area contributed by atoms with E-state index in [9.17, 15) is 4.39 Å². The topological polar surface area (TPSA) is 41.1 Å². The Labute approximate surface area is 125 Å². The summed E-state index contributed by atoms with van der Waals surface area (Å²) in [5.74, 6) is 2.25. The summed E-state index contributed by atoms with van der Waals surface area (Å²) in [7, 11) is 1.85. The molecule has 1 N–H and O–H groups in total. The van der Waals surface area contributed by atoms with Gasteiger partial charge in [-0.15, -0.1) is 0 Å². The number of nitrogens with one attached hydrogen (secondary N) is 1. The van der Waals surface area contributed by atoms with Crippen LogP contribution in [0.5, 0.6) is 0 Å². The van der Waals surface area contributed by atoms with Gasteiger partial charge in [-0.05, 0) is 38.1 Å². The van der Waals surface area contributed by atoms with E-state index in [2.05, 4.69) is 27.1 Å². The molecule has 1 aromatic carbocycles. The van der Waals surface area contributed by atoms with Crippen molar-refractivity contribution in [3.05, 3.63) is 41.5 Å². The third-order valence-electron chi connectivity index (χ3n) is 3.43. The van der Waals surface area contributed by atoms with Gasteiger partial charge in [0.15, 0.2) is 0 Å². The molecule has 21 heavy (non-hydrogen) atoms. The summed E-state index contributed by atoms with van der Waals surface area (Å²) in [6.07, 6.45) is 0.767. The molecule has 2 rings (SSSR count). The molecule has 0 unspecified atom stereocenters. The lowest BCUT2D eigenvalue weighted by Gasteiger charge is -2.25. The van der Waals surface area contributed by atoms with Gasteiger partial charge in [0.1, 0.15) is 23.3 Å². The predicted molar refractivity (Wildman–Crippen MR) is 84.8 cm³/mol. The third-order valence-corrected chi connectivity index (χ3v) is 3.43. The smallest absolute Gasteiger partial charge is 0.141 e. The second kappa shape index (κ2) is 6.52. The normalized spacial score (nSPS) is 10.5. The Bertz CT molecular complexity index is 610. The fraction of sp³-hybridized carbons (Fsp3) is 0.375. The molecule has 2 aromatic rings. The maximum atomic E-state index is 13.1. The molecule has 0 amide bonds. The molecule has 4 nitrogen and oxygen atoms in total. The first-order valence-corrected chi connectivity index (χ1v) is 7.19. The molecule has 0 bridgehead atoms. The molecule has 0 saturated heterocycles. The van der Waals surface area contributed by atoms with Crippen molar-refractivity contribution in [1.82, 2.24) is 9.97 Å². The van der Waals surface area contributed by atoms with Gasteiger partial charge in [-0.3, -0.25) is 0 Å². The molecular weight excluding hydrogens is 267 g/mol.